The molecule has 0 aliphatic rings. The first kappa shape index (κ1) is 12.1. The van der Waals surface area contributed by atoms with E-state index in [9.17, 15) is 4.79 Å². The Bertz CT molecular complexity index is 392. The summed E-state index contributed by atoms with van der Waals surface area (Å²) in [5.74, 6) is -0.211. The van der Waals surface area contributed by atoms with E-state index in [0.717, 1.165) is 10.9 Å². The molecule has 84 valence electrons. The van der Waals surface area contributed by atoms with Crippen molar-refractivity contribution in [2.24, 2.45) is 0 Å². The zero-order chi connectivity index (χ0) is 11.8. The Labute approximate surface area is 94.3 Å². The van der Waals surface area contributed by atoms with Gasteiger partial charge in [0.2, 0.25) is 0 Å². The van der Waals surface area contributed by atoms with Gasteiger partial charge in [-0.1, -0.05) is 18.2 Å². The number of aromatic nitrogens is 2. The molecule has 4 heteroatoms. The van der Waals surface area contributed by atoms with Crippen LogP contribution in [0.15, 0.2) is 36.8 Å². The van der Waals surface area contributed by atoms with Gasteiger partial charge in [0.1, 0.15) is 6.33 Å². The fraction of sp³-hybridized carbons (Fsp3) is 0.250. The molecule has 2 aromatic rings. The minimum Gasteiger partial charge on any atom is -0.466 e. The number of ether oxygens (including phenoxy) is 1. The average Bonchev–Trinajstić information content (AvgIpc) is 2.30. The highest BCUT2D eigenvalue weighted by Gasteiger charge is 1.87. The van der Waals surface area contributed by atoms with Crippen LogP contribution in [-0.2, 0) is 9.53 Å². The molecule has 0 N–H and O–H groups in total. The minimum atomic E-state index is -0.211. The molecule has 0 atom stereocenters. The molecule has 0 aliphatic heterocycles. The predicted octanol–water partition coefficient (Wildman–Crippen LogP) is 2.20. The summed E-state index contributed by atoms with van der Waals surface area (Å²) in [6.07, 6.45) is 3.37. The van der Waals surface area contributed by atoms with Crippen LogP contribution in [0.5, 0.6) is 0 Å². The molecule has 0 spiro atoms. The van der Waals surface area contributed by atoms with Gasteiger partial charge in [0.25, 0.3) is 0 Å². The first-order valence-electron chi connectivity index (χ1n) is 5.02. The number of benzene rings is 1. The molecule has 16 heavy (non-hydrogen) atoms. The number of esters is 1. The number of carbonyl (C=O) groups is 1. The van der Waals surface area contributed by atoms with Crippen molar-refractivity contribution in [3.05, 3.63) is 36.8 Å². The Morgan fingerprint density at radius 2 is 2.12 bits per heavy atom. The van der Waals surface area contributed by atoms with Gasteiger partial charge in [0.05, 0.1) is 12.1 Å². The number of rotatable bonds is 1. The summed E-state index contributed by atoms with van der Waals surface area (Å²) >= 11 is 0. The van der Waals surface area contributed by atoms with Crippen LogP contribution in [0.3, 0.4) is 0 Å². The van der Waals surface area contributed by atoms with E-state index in [1.165, 1.54) is 6.92 Å². The van der Waals surface area contributed by atoms with Gasteiger partial charge in [-0.05, 0) is 13.0 Å². The second kappa shape index (κ2) is 6.50. The fourth-order valence-corrected chi connectivity index (χ4v) is 1.13. The van der Waals surface area contributed by atoms with Crippen LogP contribution >= 0.6 is 0 Å². The van der Waals surface area contributed by atoms with Crippen LogP contribution < -0.4 is 0 Å². The van der Waals surface area contributed by atoms with Crippen LogP contribution in [0.4, 0.5) is 0 Å². The number of nitrogens with zero attached hydrogens (tertiary/aromatic N) is 2. The van der Waals surface area contributed by atoms with E-state index in [2.05, 4.69) is 14.7 Å². The molecule has 0 aliphatic carbocycles. The van der Waals surface area contributed by atoms with E-state index in [1.54, 1.807) is 13.3 Å². The van der Waals surface area contributed by atoms with Crippen molar-refractivity contribution in [2.45, 2.75) is 13.8 Å². The Morgan fingerprint density at radius 1 is 1.38 bits per heavy atom. The molecule has 0 unspecified atom stereocenters. The molecule has 0 saturated heterocycles. The molecule has 1 aromatic heterocycles. The molecular formula is C12H14N2O2. The molecule has 0 fully saturated rings. The molecule has 0 amide bonds. The number of hydrogen-bond acceptors (Lipinski definition) is 4. The highest BCUT2D eigenvalue weighted by atomic mass is 16.5. The first-order valence-corrected chi connectivity index (χ1v) is 5.02. The van der Waals surface area contributed by atoms with Crippen molar-refractivity contribution >= 4 is 16.9 Å². The molecule has 4 nitrogen and oxygen atoms in total. The van der Waals surface area contributed by atoms with Gasteiger partial charge in [0.15, 0.2) is 0 Å². The lowest BCUT2D eigenvalue weighted by Gasteiger charge is -1.90. The maximum absolute atomic E-state index is 9.82. The van der Waals surface area contributed by atoms with Gasteiger partial charge >= 0.3 is 5.97 Å². The van der Waals surface area contributed by atoms with Crippen LogP contribution in [0.2, 0.25) is 0 Å². The maximum Gasteiger partial charge on any atom is 0.302 e. The summed E-state index contributed by atoms with van der Waals surface area (Å²) in [5, 5.41) is 1.09. The Kier molecular flexibility index (Phi) is 4.92. The molecule has 2 rings (SSSR count). The Hall–Kier alpha value is -1.97. The third kappa shape index (κ3) is 4.04. The molecule has 0 bridgehead atoms. The van der Waals surface area contributed by atoms with Crippen molar-refractivity contribution in [3.63, 3.8) is 0 Å². The minimum absolute atomic E-state index is 0.211. The molecule has 0 radical (unpaired) electrons. The summed E-state index contributed by atoms with van der Waals surface area (Å²) in [4.78, 5) is 17.8. The molecule has 0 saturated carbocycles. The maximum atomic E-state index is 9.82. The van der Waals surface area contributed by atoms with E-state index in [1.807, 2.05) is 30.5 Å². The highest BCUT2D eigenvalue weighted by molar-refractivity contribution is 5.76. The summed E-state index contributed by atoms with van der Waals surface area (Å²) in [5.41, 5.74) is 0.998. The van der Waals surface area contributed by atoms with E-state index >= 15 is 0 Å². The molecular weight excluding hydrogens is 204 g/mol. The Balaban J connectivity index is 0.000000187. The average molecular weight is 218 g/mol. The number of para-hydroxylation sites is 1. The largest absolute Gasteiger partial charge is 0.466 e. The lowest BCUT2D eigenvalue weighted by molar-refractivity contribution is -0.140. The van der Waals surface area contributed by atoms with Crippen LogP contribution in [0, 0.1) is 0 Å². The van der Waals surface area contributed by atoms with Crippen molar-refractivity contribution in [1.82, 2.24) is 9.97 Å². The first-order chi connectivity index (χ1) is 7.74. The van der Waals surface area contributed by atoms with Gasteiger partial charge in [-0.2, -0.15) is 0 Å². The Morgan fingerprint density at radius 3 is 2.69 bits per heavy atom. The fourth-order valence-electron chi connectivity index (χ4n) is 1.13. The van der Waals surface area contributed by atoms with Crippen LogP contribution in [-0.4, -0.2) is 22.5 Å². The summed E-state index contributed by atoms with van der Waals surface area (Å²) in [7, 11) is 0. The highest BCUT2D eigenvalue weighted by Crippen LogP contribution is 2.06. The van der Waals surface area contributed by atoms with E-state index in [0.29, 0.717) is 6.61 Å². The van der Waals surface area contributed by atoms with Gasteiger partial charge in [-0.15, -0.1) is 0 Å². The van der Waals surface area contributed by atoms with Crippen molar-refractivity contribution < 1.29 is 9.53 Å². The zero-order valence-electron chi connectivity index (χ0n) is 9.38. The number of hydrogen-bond donors (Lipinski definition) is 0. The van der Waals surface area contributed by atoms with Gasteiger partial charge < -0.3 is 4.74 Å². The second-order valence-electron chi connectivity index (χ2n) is 3.01. The lowest BCUT2D eigenvalue weighted by atomic mass is 10.2. The van der Waals surface area contributed by atoms with E-state index in [-0.39, 0.29) is 5.97 Å². The third-order valence-corrected chi connectivity index (χ3v) is 1.76. The monoisotopic (exact) mass is 218 g/mol. The number of carbonyl (C=O) groups excluding carboxylic acids is 1. The summed E-state index contributed by atoms with van der Waals surface area (Å²) in [6.45, 7) is 3.65. The van der Waals surface area contributed by atoms with E-state index < -0.39 is 0 Å². The van der Waals surface area contributed by atoms with Crippen LogP contribution in [0.1, 0.15) is 13.8 Å². The zero-order valence-corrected chi connectivity index (χ0v) is 9.38. The third-order valence-electron chi connectivity index (χ3n) is 1.76. The lowest BCUT2D eigenvalue weighted by Crippen LogP contribution is -1.95. The smallest absolute Gasteiger partial charge is 0.302 e. The van der Waals surface area contributed by atoms with Gasteiger partial charge in [-0.25, -0.2) is 9.97 Å². The topological polar surface area (TPSA) is 52.1 Å². The van der Waals surface area contributed by atoms with Crippen LogP contribution in [0.25, 0.3) is 10.9 Å². The van der Waals surface area contributed by atoms with Crippen molar-refractivity contribution in [2.75, 3.05) is 6.61 Å². The SMILES string of the molecule is CCOC(C)=O.c1ccc2ncncc2c1. The summed E-state index contributed by atoms with van der Waals surface area (Å²) in [6, 6.07) is 7.91. The normalized spacial score (nSPS) is 9.12. The summed E-state index contributed by atoms with van der Waals surface area (Å²) < 4.78 is 4.40. The van der Waals surface area contributed by atoms with Crippen molar-refractivity contribution in [1.29, 1.82) is 0 Å². The predicted molar refractivity (Wildman–Crippen MR) is 61.8 cm³/mol. The molecule has 1 heterocycles. The van der Waals surface area contributed by atoms with Gasteiger partial charge in [-0.3, -0.25) is 4.79 Å². The van der Waals surface area contributed by atoms with E-state index in [4.69, 9.17) is 0 Å². The van der Waals surface area contributed by atoms with Crippen molar-refractivity contribution in [3.8, 4) is 0 Å². The standard InChI is InChI=1S/C8H6N2.C4H8O2/c1-2-4-8-7(3-1)5-9-6-10-8;1-3-6-4(2)5/h1-6H;3H2,1-2H3. The van der Waals surface area contributed by atoms with Gasteiger partial charge in [0, 0.05) is 18.5 Å². The number of fused-ring (bicyclic) bond motifs is 1. The quantitative estimate of drug-likeness (QED) is 0.688. The second-order valence-corrected chi connectivity index (χ2v) is 3.01. The molecule has 1 aromatic carbocycles.